The molecule has 88 valence electrons. The highest BCUT2D eigenvalue weighted by Crippen LogP contribution is 2.32. The van der Waals surface area contributed by atoms with Crippen LogP contribution < -0.4 is 4.74 Å². The lowest BCUT2D eigenvalue weighted by Crippen LogP contribution is -1.84. The van der Waals surface area contributed by atoms with Crippen molar-refractivity contribution in [2.24, 2.45) is 0 Å². The molecule has 0 bridgehead atoms. The van der Waals surface area contributed by atoms with E-state index < -0.39 is 0 Å². The Balaban J connectivity index is 2.52. The summed E-state index contributed by atoms with van der Waals surface area (Å²) >= 11 is 11.8. The van der Waals surface area contributed by atoms with E-state index in [0.717, 1.165) is 11.1 Å². The molecule has 2 aromatic rings. The average molecular weight is 269 g/mol. The summed E-state index contributed by atoms with van der Waals surface area (Å²) in [6.45, 7) is 0. The molecule has 2 rings (SSSR count). The second-order valence-corrected chi connectivity index (χ2v) is 4.36. The van der Waals surface area contributed by atoms with Crippen molar-refractivity contribution in [1.29, 1.82) is 0 Å². The Kier molecular flexibility index (Phi) is 3.46. The molecule has 0 atom stereocenters. The lowest BCUT2D eigenvalue weighted by molar-refractivity contribution is 0.408. The minimum Gasteiger partial charge on any atom is -0.508 e. The highest BCUT2D eigenvalue weighted by atomic mass is 35.5. The van der Waals surface area contributed by atoms with Crippen LogP contribution in [0.5, 0.6) is 11.5 Å². The third-order valence-electron chi connectivity index (χ3n) is 2.38. The van der Waals surface area contributed by atoms with Gasteiger partial charge in [-0.2, -0.15) is 0 Å². The first-order chi connectivity index (χ1) is 8.10. The molecule has 0 saturated heterocycles. The summed E-state index contributed by atoms with van der Waals surface area (Å²) in [6.07, 6.45) is 0. The van der Waals surface area contributed by atoms with Crippen LogP contribution >= 0.6 is 23.2 Å². The predicted octanol–water partition coefficient (Wildman–Crippen LogP) is 4.37. The number of ether oxygens (including phenoxy) is 1. The van der Waals surface area contributed by atoms with Gasteiger partial charge in [0.05, 0.1) is 17.2 Å². The first kappa shape index (κ1) is 12.1. The quantitative estimate of drug-likeness (QED) is 0.876. The van der Waals surface area contributed by atoms with Gasteiger partial charge < -0.3 is 9.84 Å². The molecule has 17 heavy (non-hydrogen) atoms. The number of halogens is 2. The molecular formula is C13H10Cl2O2. The molecule has 0 heterocycles. The minimum absolute atomic E-state index is 0.144. The van der Waals surface area contributed by atoms with Crippen LogP contribution in [0.25, 0.3) is 11.1 Å². The van der Waals surface area contributed by atoms with E-state index in [0.29, 0.717) is 15.8 Å². The van der Waals surface area contributed by atoms with E-state index in [1.54, 1.807) is 31.4 Å². The standard InChI is InChI=1S/C13H10Cl2O2/c1-17-11-5-9(4-10(16)7-11)8-2-3-12(14)13(15)6-8/h2-7,16H,1H3. The molecule has 0 amide bonds. The molecule has 0 saturated carbocycles. The molecule has 0 radical (unpaired) electrons. The summed E-state index contributed by atoms with van der Waals surface area (Å²) in [4.78, 5) is 0. The average Bonchev–Trinajstić information content (AvgIpc) is 2.32. The fourth-order valence-electron chi connectivity index (χ4n) is 1.54. The van der Waals surface area contributed by atoms with E-state index in [-0.39, 0.29) is 5.75 Å². The molecule has 0 aromatic heterocycles. The van der Waals surface area contributed by atoms with Crippen molar-refractivity contribution in [1.82, 2.24) is 0 Å². The van der Waals surface area contributed by atoms with Crippen LogP contribution in [-0.4, -0.2) is 12.2 Å². The largest absolute Gasteiger partial charge is 0.508 e. The Hall–Kier alpha value is -1.38. The number of hydrogen-bond acceptors (Lipinski definition) is 2. The number of rotatable bonds is 2. The number of benzene rings is 2. The van der Waals surface area contributed by atoms with Gasteiger partial charge in [-0.05, 0) is 35.4 Å². The van der Waals surface area contributed by atoms with Gasteiger partial charge in [0.15, 0.2) is 0 Å². The molecule has 0 spiro atoms. The van der Waals surface area contributed by atoms with E-state index in [9.17, 15) is 5.11 Å². The summed E-state index contributed by atoms with van der Waals surface area (Å²) in [5.41, 5.74) is 1.69. The van der Waals surface area contributed by atoms with Crippen molar-refractivity contribution >= 4 is 23.2 Å². The molecule has 0 unspecified atom stereocenters. The smallest absolute Gasteiger partial charge is 0.123 e. The van der Waals surface area contributed by atoms with Crippen molar-refractivity contribution in [3.05, 3.63) is 46.4 Å². The number of aromatic hydroxyl groups is 1. The van der Waals surface area contributed by atoms with Crippen molar-refractivity contribution in [2.45, 2.75) is 0 Å². The van der Waals surface area contributed by atoms with Gasteiger partial charge in [-0.25, -0.2) is 0 Å². The topological polar surface area (TPSA) is 29.5 Å². The maximum Gasteiger partial charge on any atom is 0.123 e. The van der Waals surface area contributed by atoms with Crippen molar-refractivity contribution in [3.63, 3.8) is 0 Å². The number of methoxy groups -OCH3 is 1. The zero-order valence-corrected chi connectivity index (χ0v) is 10.6. The van der Waals surface area contributed by atoms with Gasteiger partial charge in [0, 0.05) is 6.07 Å². The molecular weight excluding hydrogens is 259 g/mol. The third-order valence-corrected chi connectivity index (χ3v) is 3.12. The monoisotopic (exact) mass is 268 g/mol. The molecule has 0 aliphatic rings. The van der Waals surface area contributed by atoms with E-state index in [2.05, 4.69) is 0 Å². The van der Waals surface area contributed by atoms with Crippen LogP contribution in [0.1, 0.15) is 0 Å². The molecule has 0 fully saturated rings. The van der Waals surface area contributed by atoms with Crippen LogP contribution in [0, 0.1) is 0 Å². The SMILES string of the molecule is COc1cc(O)cc(-c2ccc(Cl)c(Cl)c2)c1. The second kappa shape index (κ2) is 4.86. The highest BCUT2D eigenvalue weighted by molar-refractivity contribution is 6.42. The number of phenolic OH excluding ortho intramolecular Hbond substituents is 1. The summed E-state index contributed by atoms with van der Waals surface area (Å²) < 4.78 is 5.09. The molecule has 1 N–H and O–H groups in total. The van der Waals surface area contributed by atoms with Crippen molar-refractivity contribution < 1.29 is 9.84 Å². The Bertz CT molecular complexity index is 553. The van der Waals surface area contributed by atoms with Gasteiger partial charge in [-0.3, -0.25) is 0 Å². The predicted molar refractivity (Wildman–Crippen MR) is 70.1 cm³/mol. The zero-order chi connectivity index (χ0) is 12.4. The Labute approximate surface area is 109 Å². The zero-order valence-electron chi connectivity index (χ0n) is 9.08. The lowest BCUT2D eigenvalue weighted by Gasteiger charge is -2.07. The van der Waals surface area contributed by atoms with Crippen molar-refractivity contribution in [3.8, 4) is 22.6 Å². The van der Waals surface area contributed by atoms with Gasteiger partial charge in [0.1, 0.15) is 11.5 Å². The Morgan fingerprint density at radius 3 is 2.35 bits per heavy atom. The van der Waals surface area contributed by atoms with Crippen LogP contribution in [0.3, 0.4) is 0 Å². The van der Waals surface area contributed by atoms with Crippen LogP contribution in [-0.2, 0) is 0 Å². The van der Waals surface area contributed by atoms with E-state index in [1.165, 1.54) is 0 Å². The van der Waals surface area contributed by atoms with Gasteiger partial charge in [-0.1, -0.05) is 29.3 Å². The summed E-state index contributed by atoms with van der Waals surface area (Å²) in [5, 5.41) is 10.6. The number of hydrogen-bond donors (Lipinski definition) is 1. The fourth-order valence-corrected chi connectivity index (χ4v) is 1.84. The second-order valence-electron chi connectivity index (χ2n) is 3.55. The molecule has 0 aliphatic heterocycles. The highest BCUT2D eigenvalue weighted by Gasteiger charge is 2.05. The molecule has 2 aromatic carbocycles. The van der Waals surface area contributed by atoms with E-state index in [1.807, 2.05) is 12.1 Å². The Morgan fingerprint density at radius 1 is 0.941 bits per heavy atom. The first-order valence-electron chi connectivity index (χ1n) is 4.93. The Morgan fingerprint density at radius 2 is 1.71 bits per heavy atom. The maximum atomic E-state index is 9.57. The van der Waals surface area contributed by atoms with Crippen LogP contribution in [0.15, 0.2) is 36.4 Å². The summed E-state index contributed by atoms with van der Waals surface area (Å²) in [5.74, 6) is 0.733. The van der Waals surface area contributed by atoms with Crippen LogP contribution in [0.2, 0.25) is 10.0 Å². The van der Waals surface area contributed by atoms with Gasteiger partial charge in [-0.15, -0.1) is 0 Å². The van der Waals surface area contributed by atoms with Gasteiger partial charge in [0.25, 0.3) is 0 Å². The molecule has 4 heteroatoms. The van der Waals surface area contributed by atoms with Crippen LogP contribution in [0.4, 0.5) is 0 Å². The summed E-state index contributed by atoms with van der Waals surface area (Å²) in [7, 11) is 1.55. The molecule has 0 aliphatic carbocycles. The van der Waals surface area contributed by atoms with E-state index in [4.69, 9.17) is 27.9 Å². The minimum atomic E-state index is 0.144. The van der Waals surface area contributed by atoms with Gasteiger partial charge in [0.2, 0.25) is 0 Å². The summed E-state index contributed by atoms with van der Waals surface area (Å²) in [6, 6.07) is 10.3. The normalized spacial score (nSPS) is 10.3. The van der Waals surface area contributed by atoms with Crippen molar-refractivity contribution in [2.75, 3.05) is 7.11 Å². The maximum absolute atomic E-state index is 9.57. The first-order valence-corrected chi connectivity index (χ1v) is 5.69. The molecule has 2 nitrogen and oxygen atoms in total. The number of phenols is 1. The fraction of sp³-hybridized carbons (Fsp3) is 0.0769. The lowest BCUT2D eigenvalue weighted by atomic mass is 10.1. The van der Waals surface area contributed by atoms with Gasteiger partial charge >= 0.3 is 0 Å². The third kappa shape index (κ3) is 2.65. The van der Waals surface area contributed by atoms with E-state index >= 15 is 0 Å².